The molecule has 1 saturated heterocycles. The number of aromatic nitrogens is 1. The SMILES string of the molecule is CCCOC1CCCN(C(CN)c2cnccc2C)C1. The van der Waals surface area contributed by atoms with Crippen molar-refractivity contribution >= 4 is 0 Å². The Balaban J connectivity index is 2.05. The van der Waals surface area contributed by atoms with Crippen molar-refractivity contribution in [2.75, 3.05) is 26.2 Å². The number of hydrogen-bond acceptors (Lipinski definition) is 4. The van der Waals surface area contributed by atoms with Gasteiger partial charge in [-0.2, -0.15) is 0 Å². The molecular formula is C16H27N3O. The molecule has 112 valence electrons. The normalized spacial score (nSPS) is 21.9. The summed E-state index contributed by atoms with van der Waals surface area (Å²) in [5, 5.41) is 0. The molecule has 2 atom stereocenters. The predicted octanol–water partition coefficient (Wildman–Crippen LogP) is 2.28. The smallest absolute Gasteiger partial charge is 0.0702 e. The Morgan fingerprint density at radius 2 is 2.40 bits per heavy atom. The summed E-state index contributed by atoms with van der Waals surface area (Å²) < 4.78 is 5.93. The highest BCUT2D eigenvalue weighted by atomic mass is 16.5. The molecule has 1 aliphatic heterocycles. The van der Waals surface area contributed by atoms with E-state index < -0.39 is 0 Å². The van der Waals surface area contributed by atoms with Gasteiger partial charge in [-0.15, -0.1) is 0 Å². The molecule has 1 aromatic heterocycles. The standard InChI is InChI=1S/C16H27N3O/c1-3-9-20-14-5-4-8-19(12-14)16(10-17)15-11-18-7-6-13(15)2/h6-7,11,14,16H,3-5,8-10,12,17H2,1-2H3. The van der Waals surface area contributed by atoms with Crippen LogP contribution in [0.2, 0.25) is 0 Å². The number of pyridine rings is 1. The van der Waals surface area contributed by atoms with Gasteiger partial charge in [-0.05, 0) is 49.9 Å². The van der Waals surface area contributed by atoms with Crippen molar-refractivity contribution in [3.05, 3.63) is 29.6 Å². The van der Waals surface area contributed by atoms with Crippen LogP contribution in [-0.2, 0) is 4.74 Å². The maximum absolute atomic E-state index is 6.04. The summed E-state index contributed by atoms with van der Waals surface area (Å²) in [5.41, 5.74) is 8.57. The maximum Gasteiger partial charge on any atom is 0.0702 e. The van der Waals surface area contributed by atoms with Gasteiger partial charge in [0.25, 0.3) is 0 Å². The van der Waals surface area contributed by atoms with E-state index in [9.17, 15) is 0 Å². The second-order valence-electron chi connectivity index (χ2n) is 5.61. The molecule has 4 nitrogen and oxygen atoms in total. The van der Waals surface area contributed by atoms with Crippen molar-refractivity contribution in [1.29, 1.82) is 0 Å². The first-order chi connectivity index (χ1) is 9.76. The number of nitrogens with two attached hydrogens (primary N) is 1. The molecule has 0 spiro atoms. The third kappa shape index (κ3) is 3.78. The van der Waals surface area contributed by atoms with E-state index >= 15 is 0 Å². The molecule has 2 heterocycles. The van der Waals surface area contributed by atoms with Crippen LogP contribution in [0.5, 0.6) is 0 Å². The minimum atomic E-state index is 0.261. The fraction of sp³-hybridized carbons (Fsp3) is 0.688. The zero-order chi connectivity index (χ0) is 14.4. The quantitative estimate of drug-likeness (QED) is 0.866. The largest absolute Gasteiger partial charge is 0.377 e. The van der Waals surface area contributed by atoms with Gasteiger partial charge >= 0.3 is 0 Å². The van der Waals surface area contributed by atoms with Gasteiger partial charge in [0.1, 0.15) is 0 Å². The zero-order valence-electron chi connectivity index (χ0n) is 12.7. The average molecular weight is 277 g/mol. The Bertz CT molecular complexity index is 410. The summed E-state index contributed by atoms with van der Waals surface area (Å²) in [6.45, 7) is 7.86. The molecule has 4 heteroatoms. The van der Waals surface area contributed by atoms with Crippen LogP contribution in [0, 0.1) is 6.92 Å². The van der Waals surface area contributed by atoms with E-state index in [4.69, 9.17) is 10.5 Å². The van der Waals surface area contributed by atoms with Gasteiger partial charge in [-0.25, -0.2) is 0 Å². The van der Waals surface area contributed by atoms with Crippen LogP contribution in [0.1, 0.15) is 43.4 Å². The molecule has 2 unspecified atom stereocenters. The molecule has 1 aliphatic rings. The van der Waals surface area contributed by atoms with Crippen molar-refractivity contribution in [3.63, 3.8) is 0 Å². The lowest BCUT2D eigenvalue weighted by molar-refractivity contribution is -0.0119. The van der Waals surface area contributed by atoms with Crippen LogP contribution in [0.25, 0.3) is 0 Å². The van der Waals surface area contributed by atoms with Crippen LogP contribution in [0.3, 0.4) is 0 Å². The molecule has 2 N–H and O–H groups in total. The van der Waals surface area contributed by atoms with Crippen molar-refractivity contribution in [1.82, 2.24) is 9.88 Å². The first kappa shape index (κ1) is 15.4. The van der Waals surface area contributed by atoms with Gasteiger partial charge in [0.2, 0.25) is 0 Å². The molecule has 0 aromatic carbocycles. The predicted molar refractivity (Wildman–Crippen MR) is 81.6 cm³/mol. The molecule has 1 aromatic rings. The van der Waals surface area contributed by atoms with Crippen molar-refractivity contribution in [2.45, 2.75) is 45.3 Å². The lowest BCUT2D eigenvalue weighted by atomic mass is 9.99. The highest BCUT2D eigenvalue weighted by Crippen LogP contribution is 2.26. The van der Waals surface area contributed by atoms with E-state index in [0.717, 1.165) is 26.1 Å². The van der Waals surface area contributed by atoms with Gasteiger partial charge in [0, 0.05) is 38.1 Å². The Morgan fingerprint density at radius 1 is 1.55 bits per heavy atom. The summed E-state index contributed by atoms with van der Waals surface area (Å²) in [6, 6.07) is 2.32. The lowest BCUT2D eigenvalue weighted by Gasteiger charge is -2.38. The molecule has 1 fully saturated rings. The summed E-state index contributed by atoms with van der Waals surface area (Å²) in [5.74, 6) is 0. The molecule has 0 bridgehead atoms. The van der Waals surface area contributed by atoms with E-state index in [1.807, 2.05) is 12.4 Å². The number of aryl methyl sites for hydroxylation is 1. The van der Waals surface area contributed by atoms with Gasteiger partial charge in [-0.3, -0.25) is 9.88 Å². The highest BCUT2D eigenvalue weighted by Gasteiger charge is 2.27. The number of rotatable bonds is 6. The average Bonchev–Trinajstić information content (AvgIpc) is 2.48. The summed E-state index contributed by atoms with van der Waals surface area (Å²) in [6.07, 6.45) is 7.59. The van der Waals surface area contributed by atoms with Gasteiger partial charge in [-0.1, -0.05) is 6.92 Å². The number of piperidine rings is 1. The molecule has 20 heavy (non-hydrogen) atoms. The monoisotopic (exact) mass is 277 g/mol. The number of ether oxygens (including phenoxy) is 1. The van der Waals surface area contributed by atoms with Crippen LogP contribution in [0.4, 0.5) is 0 Å². The van der Waals surface area contributed by atoms with Crippen molar-refractivity contribution in [3.8, 4) is 0 Å². The Hall–Kier alpha value is -0.970. The molecule has 2 rings (SSSR count). The third-order valence-corrected chi connectivity index (χ3v) is 4.07. The molecule has 0 amide bonds. The third-order valence-electron chi connectivity index (χ3n) is 4.07. The second-order valence-corrected chi connectivity index (χ2v) is 5.61. The van der Waals surface area contributed by atoms with E-state index in [0.29, 0.717) is 12.6 Å². The highest BCUT2D eigenvalue weighted by molar-refractivity contribution is 5.25. The molecule has 0 radical (unpaired) electrons. The van der Waals surface area contributed by atoms with Crippen LogP contribution in [-0.4, -0.2) is 42.2 Å². The van der Waals surface area contributed by atoms with E-state index in [-0.39, 0.29) is 6.04 Å². The minimum Gasteiger partial charge on any atom is -0.377 e. The number of nitrogens with zero attached hydrogens (tertiary/aromatic N) is 2. The molecule has 0 aliphatic carbocycles. The van der Waals surface area contributed by atoms with E-state index in [1.165, 1.54) is 24.0 Å². The van der Waals surface area contributed by atoms with Gasteiger partial charge in [0.05, 0.1) is 6.10 Å². The summed E-state index contributed by atoms with van der Waals surface area (Å²) in [7, 11) is 0. The number of likely N-dealkylation sites (tertiary alicyclic amines) is 1. The number of hydrogen-bond donors (Lipinski definition) is 1. The Morgan fingerprint density at radius 3 is 3.10 bits per heavy atom. The first-order valence-corrected chi connectivity index (χ1v) is 7.72. The Kier molecular flexibility index (Phi) is 5.95. The summed E-state index contributed by atoms with van der Waals surface area (Å²) >= 11 is 0. The topological polar surface area (TPSA) is 51.4 Å². The Labute approximate surface area is 122 Å². The zero-order valence-corrected chi connectivity index (χ0v) is 12.7. The van der Waals surface area contributed by atoms with E-state index in [1.54, 1.807) is 0 Å². The van der Waals surface area contributed by atoms with Crippen molar-refractivity contribution in [2.24, 2.45) is 5.73 Å². The van der Waals surface area contributed by atoms with Crippen LogP contribution in [0.15, 0.2) is 18.5 Å². The minimum absolute atomic E-state index is 0.261. The van der Waals surface area contributed by atoms with E-state index in [2.05, 4.69) is 29.8 Å². The maximum atomic E-state index is 6.04. The fourth-order valence-corrected chi connectivity index (χ4v) is 2.97. The van der Waals surface area contributed by atoms with Gasteiger partial charge < -0.3 is 10.5 Å². The van der Waals surface area contributed by atoms with Crippen LogP contribution < -0.4 is 5.73 Å². The van der Waals surface area contributed by atoms with Gasteiger partial charge in [0.15, 0.2) is 0 Å². The fourth-order valence-electron chi connectivity index (χ4n) is 2.97. The lowest BCUT2D eigenvalue weighted by Crippen LogP contribution is -2.44. The molecule has 0 saturated carbocycles. The molecular weight excluding hydrogens is 250 g/mol. The first-order valence-electron chi connectivity index (χ1n) is 7.72. The summed E-state index contributed by atoms with van der Waals surface area (Å²) in [4.78, 5) is 6.73. The van der Waals surface area contributed by atoms with Crippen LogP contribution >= 0.6 is 0 Å². The second kappa shape index (κ2) is 7.72. The van der Waals surface area contributed by atoms with Crippen molar-refractivity contribution < 1.29 is 4.74 Å².